The quantitative estimate of drug-likeness (QED) is 0.695. The minimum absolute atomic E-state index is 0.270. The monoisotopic (exact) mass is 196 g/mol. The van der Waals surface area contributed by atoms with Crippen molar-refractivity contribution in [2.24, 2.45) is 0 Å². The Labute approximate surface area is 82.7 Å². The summed E-state index contributed by atoms with van der Waals surface area (Å²) in [5, 5.41) is 0. The Morgan fingerprint density at radius 3 is 2.43 bits per heavy atom. The Balaban J connectivity index is 2.78. The van der Waals surface area contributed by atoms with Gasteiger partial charge in [-0.1, -0.05) is 19.1 Å². The van der Waals surface area contributed by atoms with Gasteiger partial charge in [-0.15, -0.1) is 0 Å². The highest BCUT2D eigenvalue weighted by Gasteiger charge is 2.11. The standard InChI is InChI=1S/C11H13FO2/c1-3-11(14-8(2)13)9-4-6-10(12)7-5-9/h4-7,11H,3H2,1-2H3/t11-/m1/s1. The second-order valence-corrected chi connectivity index (χ2v) is 3.06. The van der Waals surface area contributed by atoms with Gasteiger partial charge in [0.2, 0.25) is 0 Å². The van der Waals surface area contributed by atoms with E-state index in [1.807, 2.05) is 6.92 Å². The minimum Gasteiger partial charge on any atom is -0.458 e. The van der Waals surface area contributed by atoms with Crippen LogP contribution in [0.25, 0.3) is 0 Å². The lowest BCUT2D eigenvalue weighted by Gasteiger charge is -2.14. The number of benzene rings is 1. The lowest BCUT2D eigenvalue weighted by molar-refractivity contribution is -0.146. The van der Waals surface area contributed by atoms with E-state index in [4.69, 9.17) is 4.74 Å². The molecule has 0 saturated heterocycles. The summed E-state index contributed by atoms with van der Waals surface area (Å²) in [5.41, 5.74) is 0.823. The Morgan fingerprint density at radius 1 is 1.43 bits per heavy atom. The van der Waals surface area contributed by atoms with Crippen molar-refractivity contribution in [1.82, 2.24) is 0 Å². The first-order chi connectivity index (χ1) is 6.63. The number of hydrogen-bond donors (Lipinski definition) is 0. The zero-order valence-electron chi connectivity index (χ0n) is 8.29. The maximum absolute atomic E-state index is 12.6. The second-order valence-electron chi connectivity index (χ2n) is 3.06. The van der Waals surface area contributed by atoms with Crippen LogP contribution in [0, 0.1) is 5.82 Å². The first-order valence-corrected chi connectivity index (χ1v) is 4.56. The lowest BCUT2D eigenvalue weighted by atomic mass is 10.1. The molecule has 1 aromatic carbocycles. The first kappa shape index (κ1) is 10.7. The summed E-state index contributed by atoms with van der Waals surface area (Å²) in [5.74, 6) is -0.604. The molecule has 0 aromatic heterocycles. The molecule has 0 bridgehead atoms. The van der Waals surface area contributed by atoms with Crippen LogP contribution in [-0.2, 0) is 9.53 Å². The Morgan fingerprint density at radius 2 is 2.00 bits per heavy atom. The van der Waals surface area contributed by atoms with Gasteiger partial charge in [-0.25, -0.2) is 4.39 Å². The third-order valence-electron chi connectivity index (χ3n) is 1.92. The molecule has 0 unspecified atom stereocenters. The van der Waals surface area contributed by atoms with E-state index in [9.17, 15) is 9.18 Å². The second kappa shape index (κ2) is 4.74. The molecule has 76 valence electrons. The van der Waals surface area contributed by atoms with Crippen molar-refractivity contribution in [2.75, 3.05) is 0 Å². The van der Waals surface area contributed by atoms with Gasteiger partial charge >= 0.3 is 5.97 Å². The fourth-order valence-corrected chi connectivity index (χ4v) is 1.26. The molecule has 0 aliphatic rings. The molecular formula is C11H13FO2. The average molecular weight is 196 g/mol. The molecule has 0 spiro atoms. The zero-order chi connectivity index (χ0) is 10.6. The number of esters is 1. The number of carbonyl (C=O) groups excluding carboxylic acids is 1. The smallest absolute Gasteiger partial charge is 0.303 e. The van der Waals surface area contributed by atoms with Crippen LogP contribution in [0.5, 0.6) is 0 Å². The van der Waals surface area contributed by atoms with E-state index in [0.29, 0.717) is 6.42 Å². The molecule has 2 nitrogen and oxygen atoms in total. The molecule has 0 saturated carbocycles. The Kier molecular flexibility index (Phi) is 3.63. The highest BCUT2D eigenvalue weighted by molar-refractivity contribution is 5.66. The van der Waals surface area contributed by atoms with Crippen LogP contribution in [-0.4, -0.2) is 5.97 Å². The molecule has 1 aromatic rings. The number of carbonyl (C=O) groups is 1. The molecule has 1 rings (SSSR count). The van der Waals surface area contributed by atoms with E-state index in [1.54, 1.807) is 12.1 Å². The molecule has 0 fully saturated rings. The van der Waals surface area contributed by atoms with Gasteiger partial charge in [0.1, 0.15) is 11.9 Å². The molecule has 0 aliphatic heterocycles. The zero-order valence-corrected chi connectivity index (χ0v) is 8.29. The Hall–Kier alpha value is -1.38. The van der Waals surface area contributed by atoms with Crippen LogP contribution < -0.4 is 0 Å². The predicted molar refractivity (Wildman–Crippen MR) is 51.2 cm³/mol. The molecule has 0 amide bonds. The summed E-state index contributed by atoms with van der Waals surface area (Å²) in [4.78, 5) is 10.8. The van der Waals surface area contributed by atoms with Gasteiger partial charge in [0, 0.05) is 6.92 Å². The summed E-state index contributed by atoms with van der Waals surface area (Å²) < 4.78 is 17.7. The highest BCUT2D eigenvalue weighted by Crippen LogP contribution is 2.21. The van der Waals surface area contributed by atoms with Crippen molar-refractivity contribution in [2.45, 2.75) is 26.4 Å². The van der Waals surface area contributed by atoms with Crippen LogP contribution in [0.2, 0.25) is 0 Å². The van der Waals surface area contributed by atoms with Crippen LogP contribution >= 0.6 is 0 Å². The highest BCUT2D eigenvalue weighted by atomic mass is 19.1. The summed E-state index contributed by atoms with van der Waals surface area (Å²) >= 11 is 0. The first-order valence-electron chi connectivity index (χ1n) is 4.56. The predicted octanol–water partition coefficient (Wildman–Crippen LogP) is 2.84. The fourth-order valence-electron chi connectivity index (χ4n) is 1.26. The van der Waals surface area contributed by atoms with Crippen molar-refractivity contribution in [3.63, 3.8) is 0 Å². The van der Waals surface area contributed by atoms with Crippen molar-refractivity contribution in [3.05, 3.63) is 35.6 Å². The minimum atomic E-state index is -0.318. The normalized spacial score (nSPS) is 12.2. The van der Waals surface area contributed by atoms with Crippen molar-refractivity contribution in [3.8, 4) is 0 Å². The molecule has 14 heavy (non-hydrogen) atoms. The van der Waals surface area contributed by atoms with Crippen molar-refractivity contribution < 1.29 is 13.9 Å². The summed E-state index contributed by atoms with van der Waals surface area (Å²) in [6, 6.07) is 5.99. The largest absolute Gasteiger partial charge is 0.458 e. The molecule has 0 aliphatic carbocycles. The van der Waals surface area contributed by atoms with Gasteiger partial charge in [-0.05, 0) is 24.1 Å². The van der Waals surface area contributed by atoms with Crippen molar-refractivity contribution in [1.29, 1.82) is 0 Å². The number of halogens is 1. The average Bonchev–Trinajstić information content (AvgIpc) is 2.15. The number of ether oxygens (including phenoxy) is 1. The van der Waals surface area contributed by atoms with Crippen LogP contribution in [0.4, 0.5) is 4.39 Å². The summed E-state index contributed by atoms with van der Waals surface area (Å²) in [7, 11) is 0. The summed E-state index contributed by atoms with van der Waals surface area (Å²) in [6.07, 6.45) is 0.415. The van der Waals surface area contributed by atoms with E-state index in [1.165, 1.54) is 19.1 Å². The van der Waals surface area contributed by atoms with Gasteiger partial charge in [0.15, 0.2) is 0 Å². The van der Waals surface area contributed by atoms with Gasteiger partial charge in [0.05, 0.1) is 0 Å². The molecule has 3 heteroatoms. The maximum atomic E-state index is 12.6. The molecule has 0 N–H and O–H groups in total. The van der Waals surface area contributed by atoms with Gasteiger partial charge in [-0.3, -0.25) is 4.79 Å². The van der Waals surface area contributed by atoms with E-state index in [-0.39, 0.29) is 17.9 Å². The molecular weight excluding hydrogens is 183 g/mol. The Bertz CT molecular complexity index is 306. The van der Waals surface area contributed by atoms with E-state index < -0.39 is 0 Å². The molecule has 1 atom stereocenters. The maximum Gasteiger partial charge on any atom is 0.303 e. The van der Waals surface area contributed by atoms with E-state index in [0.717, 1.165) is 5.56 Å². The summed E-state index contributed by atoms with van der Waals surface area (Å²) in [6.45, 7) is 3.28. The topological polar surface area (TPSA) is 26.3 Å². The number of hydrogen-bond acceptors (Lipinski definition) is 2. The SMILES string of the molecule is CC[C@@H](OC(C)=O)c1ccc(F)cc1. The van der Waals surface area contributed by atoms with Crippen molar-refractivity contribution >= 4 is 5.97 Å². The number of rotatable bonds is 3. The van der Waals surface area contributed by atoms with E-state index >= 15 is 0 Å². The lowest BCUT2D eigenvalue weighted by Crippen LogP contribution is -2.07. The molecule has 0 heterocycles. The molecule has 0 radical (unpaired) electrons. The third kappa shape index (κ3) is 2.83. The van der Waals surface area contributed by atoms with Crippen LogP contribution in [0.15, 0.2) is 24.3 Å². The van der Waals surface area contributed by atoms with Gasteiger partial charge < -0.3 is 4.74 Å². The van der Waals surface area contributed by atoms with E-state index in [2.05, 4.69) is 0 Å². The fraction of sp³-hybridized carbons (Fsp3) is 0.364. The third-order valence-corrected chi connectivity index (χ3v) is 1.92. The van der Waals surface area contributed by atoms with Gasteiger partial charge in [-0.2, -0.15) is 0 Å². The van der Waals surface area contributed by atoms with Crippen LogP contribution in [0.3, 0.4) is 0 Å². The van der Waals surface area contributed by atoms with Gasteiger partial charge in [0.25, 0.3) is 0 Å². The van der Waals surface area contributed by atoms with Crippen LogP contribution in [0.1, 0.15) is 31.9 Å².